The molecule has 0 unspecified atom stereocenters. The van der Waals surface area contributed by atoms with Gasteiger partial charge >= 0.3 is 0 Å². The largest absolute Gasteiger partial charge is 0.287 e. The summed E-state index contributed by atoms with van der Waals surface area (Å²) in [7, 11) is 0. The Labute approximate surface area is 105 Å². The highest BCUT2D eigenvalue weighted by atomic mass is 35.5. The summed E-state index contributed by atoms with van der Waals surface area (Å²) in [5.41, 5.74) is 2.12. The zero-order valence-corrected chi connectivity index (χ0v) is 10.2. The van der Waals surface area contributed by atoms with Gasteiger partial charge in [-0.25, -0.2) is 0 Å². The second-order valence-corrected chi connectivity index (χ2v) is 4.12. The molecule has 0 aliphatic heterocycles. The van der Waals surface area contributed by atoms with Crippen LogP contribution >= 0.6 is 11.6 Å². The van der Waals surface area contributed by atoms with Crippen molar-refractivity contribution in [3.05, 3.63) is 64.4 Å². The SMILES string of the molecule is CCc1ccc(C(=O)c2ncccc2Cl)cc1. The molecule has 0 aliphatic rings. The van der Waals surface area contributed by atoms with E-state index in [9.17, 15) is 4.79 Å². The fourth-order valence-corrected chi connectivity index (χ4v) is 1.79. The Morgan fingerprint density at radius 3 is 2.53 bits per heavy atom. The number of aryl methyl sites for hydroxylation is 1. The van der Waals surface area contributed by atoms with Crippen molar-refractivity contribution >= 4 is 17.4 Å². The zero-order valence-electron chi connectivity index (χ0n) is 9.48. The molecule has 1 aromatic carbocycles. The van der Waals surface area contributed by atoms with Gasteiger partial charge in [0.25, 0.3) is 0 Å². The molecule has 0 bridgehead atoms. The van der Waals surface area contributed by atoms with E-state index in [1.807, 2.05) is 24.3 Å². The molecule has 0 saturated heterocycles. The van der Waals surface area contributed by atoms with Gasteiger partial charge < -0.3 is 0 Å². The van der Waals surface area contributed by atoms with E-state index in [1.54, 1.807) is 18.3 Å². The molecule has 2 nitrogen and oxygen atoms in total. The lowest BCUT2D eigenvalue weighted by Gasteiger charge is -2.03. The molecule has 17 heavy (non-hydrogen) atoms. The molecular weight excluding hydrogens is 234 g/mol. The van der Waals surface area contributed by atoms with E-state index in [0.717, 1.165) is 6.42 Å². The lowest BCUT2D eigenvalue weighted by atomic mass is 10.0. The molecule has 0 N–H and O–H groups in total. The van der Waals surface area contributed by atoms with Gasteiger partial charge in [0, 0.05) is 11.8 Å². The molecule has 1 heterocycles. The number of nitrogens with zero attached hydrogens (tertiary/aromatic N) is 1. The topological polar surface area (TPSA) is 30.0 Å². The predicted octanol–water partition coefficient (Wildman–Crippen LogP) is 3.53. The Balaban J connectivity index is 2.34. The van der Waals surface area contributed by atoms with Gasteiger partial charge in [-0.3, -0.25) is 9.78 Å². The third-order valence-corrected chi connectivity index (χ3v) is 2.90. The number of aromatic nitrogens is 1. The maximum absolute atomic E-state index is 12.1. The quantitative estimate of drug-likeness (QED) is 0.775. The first kappa shape index (κ1) is 11.8. The van der Waals surface area contributed by atoms with Crippen LogP contribution in [0, 0.1) is 0 Å². The van der Waals surface area contributed by atoms with E-state index in [1.165, 1.54) is 5.56 Å². The Morgan fingerprint density at radius 1 is 1.24 bits per heavy atom. The molecule has 0 spiro atoms. The molecule has 1 aromatic heterocycles. The number of ketones is 1. The zero-order chi connectivity index (χ0) is 12.3. The highest BCUT2D eigenvalue weighted by Crippen LogP contribution is 2.17. The minimum atomic E-state index is -0.141. The molecule has 2 aromatic rings. The van der Waals surface area contributed by atoms with Crippen molar-refractivity contribution in [2.75, 3.05) is 0 Å². The van der Waals surface area contributed by atoms with E-state index >= 15 is 0 Å². The molecule has 86 valence electrons. The Kier molecular flexibility index (Phi) is 3.55. The number of carbonyl (C=O) groups excluding carboxylic acids is 1. The molecule has 2 rings (SSSR count). The normalized spacial score (nSPS) is 10.2. The van der Waals surface area contributed by atoms with Crippen molar-refractivity contribution in [2.24, 2.45) is 0 Å². The van der Waals surface area contributed by atoms with Crippen LogP contribution in [0.3, 0.4) is 0 Å². The third-order valence-electron chi connectivity index (χ3n) is 2.60. The van der Waals surface area contributed by atoms with Crippen molar-refractivity contribution in [1.82, 2.24) is 4.98 Å². The summed E-state index contributed by atoms with van der Waals surface area (Å²) in [5, 5.41) is 0.386. The molecule has 0 saturated carbocycles. The minimum absolute atomic E-state index is 0.141. The lowest BCUT2D eigenvalue weighted by molar-refractivity contribution is 0.103. The summed E-state index contributed by atoms with van der Waals surface area (Å²) in [6.45, 7) is 2.08. The Hall–Kier alpha value is -1.67. The highest BCUT2D eigenvalue weighted by Gasteiger charge is 2.13. The number of halogens is 1. The van der Waals surface area contributed by atoms with Gasteiger partial charge in [-0.15, -0.1) is 0 Å². The highest BCUT2D eigenvalue weighted by molar-refractivity contribution is 6.34. The van der Waals surface area contributed by atoms with Gasteiger partial charge in [0.15, 0.2) is 0 Å². The first-order valence-corrected chi connectivity index (χ1v) is 5.84. The number of pyridine rings is 1. The van der Waals surface area contributed by atoms with Crippen molar-refractivity contribution in [1.29, 1.82) is 0 Å². The molecule has 0 atom stereocenters. The second-order valence-electron chi connectivity index (χ2n) is 3.71. The van der Waals surface area contributed by atoms with Crippen LogP contribution in [0.15, 0.2) is 42.6 Å². The van der Waals surface area contributed by atoms with E-state index in [2.05, 4.69) is 11.9 Å². The van der Waals surface area contributed by atoms with Gasteiger partial charge in [-0.1, -0.05) is 42.8 Å². The monoisotopic (exact) mass is 245 g/mol. The fourth-order valence-electron chi connectivity index (χ4n) is 1.58. The first-order valence-electron chi connectivity index (χ1n) is 5.46. The average Bonchev–Trinajstić information content (AvgIpc) is 2.39. The van der Waals surface area contributed by atoms with Crippen molar-refractivity contribution in [3.8, 4) is 0 Å². The van der Waals surface area contributed by atoms with Crippen LogP contribution in [0.2, 0.25) is 5.02 Å². The predicted molar refractivity (Wildman–Crippen MR) is 68.5 cm³/mol. The van der Waals surface area contributed by atoms with Crippen LogP contribution in [0.4, 0.5) is 0 Å². The maximum Gasteiger partial charge on any atom is 0.212 e. The molecule has 0 radical (unpaired) electrons. The standard InChI is InChI=1S/C14H12ClNO/c1-2-10-5-7-11(8-6-10)14(17)13-12(15)4-3-9-16-13/h3-9H,2H2,1H3. The second kappa shape index (κ2) is 5.11. The van der Waals surface area contributed by atoms with Crippen molar-refractivity contribution in [3.63, 3.8) is 0 Å². The first-order chi connectivity index (χ1) is 8.22. The van der Waals surface area contributed by atoms with Gasteiger partial charge in [0.05, 0.1) is 5.02 Å². The fraction of sp³-hybridized carbons (Fsp3) is 0.143. The van der Waals surface area contributed by atoms with E-state index in [-0.39, 0.29) is 5.78 Å². The Bertz CT molecular complexity index is 534. The third kappa shape index (κ3) is 2.53. The number of carbonyl (C=O) groups is 1. The van der Waals surface area contributed by atoms with Gasteiger partial charge in [0.1, 0.15) is 5.69 Å². The minimum Gasteiger partial charge on any atom is -0.287 e. The number of benzene rings is 1. The van der Waals surface area contributed by atoms with Crippen LogP contribution in [0.25, 0.3) is 0 Å². The van der Waals surface area contributed by atoms with E-state index < -0.39 is 0 Å². The number of rotatable bonds is 3. The van der Waals surface area contributed by atoms with E-state index in [0.29, 0.717) is 16.3 Å². The van der Waals surface area contributed by atoms with Crippen LogP contribution in [-0.2, 0) is 6.42 Å². The van der Waals surface area contributed by atoms with Gasteiger partial charge in [0.2, 0.25) is 5.78 Å². The van der Waals surface area contributed by atoms with Crippen LogP contribution in [0.5, 0.6) is 0 Å². The van der Waals surface area contributed by atoms with Crippen molar-refractivity contribution in [2.45, 2.75) is 13.3 Å². The summed E-state index contributed by atoms with van der Waals surface area (Å²) in [5.74, 6) is -0.141. The summed E-state index contributed by atoms with van der Waals surface area (Å²) in [6, 6.07) is 10.9. The van der Waals surface area contributed by atoms with Crippen LogP contribution in [-0.4, -0.2) is 10.8 Å². The lowest BCUT2D eigenvalue weighted by Crippen LogP contribution is -2.04. The summed E-state index contributed by atoms with van der Waals surface area (Å²) < 4.78 is 0. The number of hydrogen-bond acceptors (Lipinski definition) is 2. The average molecular weight is 246 g/mol. The molecular formula is C14H12ClNO. The molecule has 0 fully saturated rings. The summed E-state index contributed by atoms with van der Waals surface area (Å²) in [6.07, 6.45) is 2.53. The summed E-state index contributed by atoms with van der Waals surface area (Å²) >= 11 is 5.94. The maximum atomic E-state index is 12.1. The van der Waals surface area contributed by atoms with E-state index in [4.69, 9.17) is 11.6 Å². The smallest absolute Gasteiger partial charge is 0.212 e. The van der Waals surface area contributed by atoms with Crippen LogP contribution < -0.4 is 0 Å². The molecule has 0 amide bonds. The van der Waals surface area contributed by atoms with Gasteiger partial charge in [-0.05, 0) is 24.1 Å². The molecule has 3 heteroatoms. The molecule has 0 aliphatic carbocycles. The van der Waals surface area contributed by atoms with Gasteiger partial charge in [-0.2, -0.15) is 0 Å². The Morgan fingerprint density at radius 2 is 1.94 bits per heavy atom. The summed E-state index contributed by atoms with van der Waals surface area (Å²) in [4.78, 5) is 16.1. The van der Waals surface area contributed by atoms with Crippen molar-refractivity contribution < 1.29 is 4.79 Å². The number of hydrogen-bond donors (Lipinski definition) is 0. The van der Waals surface area contributed by atoms with Crippen LogP contribution in [0.1, 0.15) is 28.5 Å².